The molecule has 1 aromatic carbocycles. The van der Waals surface area contributed by atoms with E-state index in [1.54, 1.807) is 48.4 Å². The molecule has 0 saturated heterocycles. The summed E-state index contributed by atoms with van der Waals surface area (Å²) in [6, 6.07) is 6.42. The van der Waals surface area contributed by atoms with Gasteiger partial charge in [-0.05, 0) is 11.6 Å². The molecule has 110 valence electrons. The van der Waals surface area contributed by atoms with E-state index in [1.807, 2.05) is 0 Å². The van der Waals surface area contributed by atoms with Gasteiger partial charge in [-0.1, -0.05) is 18.2 Å². The number of carboxylic acid groups (broad SMARTS) is 1. The highest BCUT2D eigenvalue weighted by Crippen LogP contribution is 2.15. The van der Waals surface area contributed by atoms with E-state index in [2.05, 4.69) is 15.7 Å². The number of nitrogens with one attached hydrogen (secondary N) is 2. The number of carbonyl (C=O) groups is 2. The number of benzene rings is 1. The first kappa shape index (κ1) is 14.6. The van der Waals surface area contributed by atoms with Crippen molar-refractivity contribution in [2.75, 3.05) is 5.32 Å². The Morgan fingerprint density at radius 2 is 2.10 bits per heavy atom. The number of amides is 2. The molecule has 7 heteroatoms. The molecule has 2 aromatic rings. The van der Waals surface area contributed by atoms with Gasteiger partial charge in [0.25, 0.3) is 0 Å². The van der Waals surface area contributed by atoms with Crippen molar-refractivity contribution in [1.82, 2.24) is 15.1 Å². The first-order valence-corrected chi connectivity index (χ1v) is 6.36. The van der Waals surface area contributed by atoms with E-state index in [-0.39, 0.29) is 6.42 Å². The molecule has 0 saturated carbocycles. The van der Waals surface area contributed by atoms with Gasteiger partial charge in [-0.3, -0.25) is 9.48 Å². The number of para-hydroxylation sites is 1. The highest BCUT2D eigenvalue weighted by atomic mass is 16.4. The van der Waals surface area contributed by atoms with E-state index >= 15 is 0 Å². The smallest absolute Gasteiger partial charge is 0.319 e. The van der Waals surface area contributed by atoms with Gasteiger partial charge in [0, 0.05) is 31.0 Å². The number of carbonyl (C=O) groups excluding carboxylic acids is 1. The monoisotopic (exact) mass is 288 g/mol. The minimum Gasteiger partial charge on any atom is -0.481 e. The minimum absolute atomic E-state index is 0.140. The molecule has 3 N–H and O–H groups in total. The van der Waals surface area contributed by atoms with E-state index < -0.39 is 12.0 Å². The summed E-state index contributed by atoms with van der Waals surface area (Å²) in [5.41, 5.74) is 1.93. The molecule has 1 aromatic heterocycles. The molecule has 0 aliphatic rings. The van der Waals surface area contributed by atoms with Gasteiger partial charge in [0.1, 0.15) is 0 Å². The standard InChI is InChI=1S/C14H16N4O3/c1-18-9-10(8-16-18)7-15-14(21)17-12-5-3-2-4-11(12)6-13(19)20/h2-5,8-9H,6-7H2,1H3,(H,19,20)(H2,15,17,21). The predicted molar refractivity (Wildman–Crippen MR) is 76.8 cm³/mol. The molecule has 0 aliphatic heterocycles. The Kier molecular flexibility index (Phi) is 4.55. The number of hydrogen-bond donors (Lipinski definition) is 3. The Bertz CT molecular complexity index is 651. The van der Waals surface area contributed by atoms with Crippen LogP contribution in [0.3, 0.4) is 0 Å². The Balaban J connectivity index is 1.94. The molecule has 2 rings (SSSR count). The van der Waals surface area contributed by atoms with Crippen molar-refractivity contribution in [3.63, 3.8) is 0 Å². The Morgan fingerprint density at radius 3 is 2.76 bits per heavy atom. The second-order valence-corrected chi connectivity index (χ2v) is 4.56. The second kappa shape index (κ2) is 6.56. The normalized spacial score (nSPS) is 10.1. The lowest BCUT2D eigenvalue weighted by molar-refractivity contribution is -0.136. The molecule has 1 heterocycles. The molecular formula is C14H16N4O3. The highest BCUT2D eigenvalue weighted by Gasteiger charge is 2.09. The van der Waals surface area contributed by atoms with E-state index in [0.29, 0.717) is 17.8 Å². The van der Waals surface area contributed by atoms with E-state index in [1.165, 1.54) is 0 Å². The number of aryl methyl sites for hydroxylation is 1. The topological polar surface area (TPSA) is 96.2 Å². The average Bonchev–Trinajstić information content (AvgIpc) is 2.84. The van der Waals surface area contributed by atoms with E-state index in [9.17, 15) is 9.59 Å². The molecule has 0 fully saturated rings. The van der Waals surface area contributed by atoms with Crippen LogP contribution in [0.2, 0.25) is 0 Å². The molecule has 7 nitrogen and oxygen atoms in total. The van der Waals surface area contributed by atoms with Crippen molar-refractivity contribution in [3.8, 4) is 0 Å². The van der Waals surface area contributed by atoms with Crippen LogP contribution in [0.15, 0.2) is 36.7 Å². The number of anilines is 1. The highest BCUT2D eigenvalue weighted by molar-refractivity contribution is 5.90. The maximum Gasteiger partial charge on any atom is 0.319 e. The third kappa shape index (κ3) is 4.34. The van der Waals surface area contributed by atoms with Gasteiger partial charge < -0.3 is 15.7 Å². The maximum atomic E-state index is 11.8. The number of carboxylic acids is 1. The summed E-state index contributed by atoms with van der Waals surface area (Å²) >= 11 is 0. The van der Waals surface area contributed by atoms with Gasteiger partial charge in [-0.25, -0.2) is 4.79 Å². The molecule has 0 atom stereocenters. The fourth-order valence-electron chi connectivity index (χ4n) is 1.87. The molecule has 2 amide bonds. The third-order valence-corrected chi connectivity index (χ3v) is 2.82. The van der Waals surface area contributed by atoms with Crippen molar-refractivity contribution in [3.05, 3.63) is 47.8 Å². The average molecular weight is 288 g/mol. The summed E-state index contributed by atoms with van der Waals surface area (Å²) in [4.78, 5) is 22.6. The van der Waals surface area contributed by atoms with Crippen LogP contribution >= 0.6 is 0 Å². The summed E-state index contributed by atoms with van der Waals surface area (Å²) < 4.78 is 1.65. The minimum atomic E-state index is -0.944. The second-order valence-electron chi connectivity index (χ2n) is 4.56. The van der Waals surface area contributed by atoms with Gasteiger partial charge >= 0.3 is 12.0 Å². The third-order valence-electron chi connectivity index (χ3n) is 2.82. The Labute approximate surface area is 121 Å². The largest absolute Gasteiger partial charge is 0.481 e. The van der Waals surface area contributed by atoms with Crippen LogP contribution < -0.4 is 10.6 Å². The summed E-state index contributed by atoms with van der Waals surface area (Å²) in [6.45, 7) is 0.348. The van der Waals surface area contributed by atoms with Gasteiger partial charge in [-0.15, -0.1) is 0 Å². The zero-order chi connectivity index (χ0) is 15.2. The van der Waals surface area contributed by atoms with Gasteiger partial charge in [-0.2, -0.15) is 5.10 Å². The number of rotatable bonds is 5. The number of aromatic nitrogens is 2. The van der Waals surface area contributed by atoms with Gasteiger partial charge in [0.2, 0.25) is 0 Å². The summed E-state index contributed by atoms with van der Waals surface area (Å²) in [5.74, 6) is -0.944. The summed E-state index contributed by atoms with van der Waals surface area (Å²) in [7, 11) is 1.80. The summed E-state index contributed by atoms with van der Waals surface area (Å²) in [6.07, 6.45) is 3.33. The summed E-state index contributed by atoms with van der Waals surface area (Å²) in [5, 5.41) is 18.2. The van der Waals surface area contributed by atoms with Crippen LogP contribution in [0.1, 0.15) is 11.1 Å². The number of nitrogens with zero attached hydrogens (tertiary/aromatic N) is 2. The van der Waals surface area contributed by atoms with Crippen LogP contribution in [-0.4, -0.2) is 26.9 Å². The van der Waals surface area contributed by atoms with Crippen LogP contribution in [0.5, 0.6) is 0 Å². The lowest BCUT2D eigenvalue weighted by atomic mass is 10.1. The first-order chi connectivity index (χ1) is 10.0. The molecular weight excluding hydrogens is 272 g/mol. The lowest BCUT2D eigenvalue weighted by Crippen LogP contribution is -2.28. The van der Waals surface area contributed by atoms with E-state index in [0.717, 1.165) is 5.56 Å². The van der Waals surface area contributed by atoms with Crippen LogP contribution in [0, 0.1) is 0 Å². The maximum absolute atomic E-state index is 11.8. The SMILES string of the molecule is Cn1cc(CNC(=O)Nc2ccccc2CC(=O)O)cn1. The molecule has 0 bridgehead atoms. The van der Waals surface area contributed by atoms with Crippen LogP contribution in [0.4, 0.5) is 10.5 Å². The molecule has 0 aliphatic carbocycles. The van der Waals surface area contributed by atoms with Crippen molar-refractivity contribution in [2.24, 2.45) is 7.05 Å². The zero-order valence-corrected chi connectivity index (χ0v) is 11.5. The fraction of sp³-hybridized carbons (Fsp3) is 0.214. The van der Waals surface area contributed by atoms with Crippen LogP contribution in [0.25, 0.3) is 0 Å². The molecule has 0 unspecified atom stereocenters. The predicted octanol–water partition coefficient (Wildman–Crippen LogP) is 1.37. The fourth-order valence-corrected chi connectivity index (χ4v) is 1.87. The number of urea groups is 1. The van der Waals surface area contributed by atoms with Crippen molar-refractivity contribution in [1.29, 1.82) is 0 Å². The lowest BCUT2D eigenvalue weighted by Gasteiger charge is -2.10. The zero-order valence-electron chi connectivity index (χ0n) is 11.5. The van der Waals surface area contributed by atoms with E-state index in [4.69, 9.17) is 5.11 Å². The quantitative estimate of drug-likeness (QED) is 0.774. The molecule has 0 radical (unpaired) electrons. The number of hydrogen-bond acceptors (Lipinski definition) is 3. The van der Waals surface area contributed by atoms with Gasteiger partial charge in [0.05, 0.1) is 12.6 Å². The van der Waals surface area contributed by atoms with Crippen molar-refractivity contribution >= 4 is 17.7 Å². The molecule has 0 spiro atoms. The Hall–Kier alpha value is -2.83. The number of aliphatic carboxylic acids is 1. The van der Waals surface area contributed by atoms with Crippen molar-refractivity contribution in [2.45, 2.75) is 13.0 Å². The molecule has 21 heavy (non-hydrogen) atoms. The van der Waals surface area contributed by atoms with Crippen molar-refractivity contribution < 1.29 is 14.7 Å². The first-order valence-electron chi connectivity index (χ1n) is 6.36. The van der Waals surface area contributed by atoms with Crippen LogP contribution in [-0.2, 0) is 24.8 Å². The van der Waals surface area contributed by atoms with Gasteiger partial charge in [0.15, 0.2) is 0 Å². The Morgan fingerprint density at radius 1 is 1.33 bits per heavy atom.